The van der Waals surface area contributed by atoms with E-state index in [1.165, 1.54) is 12.1 Å². The van der Waals surface area contributed by atoms with Crippen LogP contribution in [0.25, 0.3) is 0 Å². The molecule has 0 radical (unpaired) electrons. The molecule has 8 heteroatoms. The van der Waals surface area contributed by atoms with Gasteiger partial charge in [-0.05, 0) is 68.8 Å². The zero-order chi connectivity index (χ0) is 21.1. The first-order valence-corrected chi connectivity index (χ1v) is 8.71. The summed E-state index contributed by atoms with van der Waals surface area (Å²) in [6, 6.07) is 14.4. The minimum atomic E-state index is -0.435. The third-order valence-electron chi connectivity index (χ3n) is 4.34. The van der Waals surface area contributed by atoms with Crippen molar-refractivity contribution in [1.82, 2.24) is 0 Å². The van der Waals surface area contributed by atoms with Crippen LogP contribution in [0, 0.1) is 41.0 Å². The first kappa shape index (κ1) is 19.8. The first-order valence-electron chi connectivity index (χ1n) is 8.71. The van der Waals surface area contributed by atoms with Crippen LogP contribution in [0.1, 0.15) is 16.7 Å². The van der Waals surface area contributed by atoms with Gasteiger partial charge in [0.2, 0.25) is 0 Å². The van der Waals surface area contributed by atoms with Crippen LogP contribution >= 0.6 is 0 Å². The molecule has 0 saturated heterocycles. The van der Waals surface area contributed by atoms with Crippen LogP contribution in [0.5, 0.6) is 23.0 Å². The lowest BCUT2D eigenvalue weighted by Gasteiger charge is -2.12. The van der Waals surface area contributed by atoms with Crippen LogP contribution in [-0.2, 0) is 0 Å². The van der Waals surface area contributed by atoms with E-state index in [2.05, 4.69) is 0 Å². The van der Waals surface area contributed by atoms with Crippen molar-refractivity contribution in [2.24, 2.45) is 0 Å². The topological polar surface area (TPSA) is 105 Å². The average Bonchev–Trinajstić information content (AvgIpc) is 2.63. The molecule has 29 heavy (non-hydrogen) atoms. The highest BCUT2D eigenvalue weighted by Crippen LogP contribution is 2.33. The number of benzene rings is 3. The summed E-state index contributed by atoms with van der Waals surface area (Å²) in [4.78, 5) is 21.0. The van der Waals surface area contributed by atoms with Gasteiger partial charge in [-0.15, -0.1) is 0 Å². The normalized spacial score (nSPS) is 10.4. The van der Waals surface area contributed by atoms with Gasteiger partial charge in [0.1, 0.15) is 23.0 Å². The van der Waals surface area contributed by atoms with Crippen molar-refractivity contribution in [2.45, 2.75) is 20.8 Å². The Morgan fingerprint density at radius 3 is 1.45 bits per heavy atom. The molecule has 0 aromatic heterocycles. The molecule has 3 aromatic carbocycles. The van der Waals surface area contributed by atoms with Gasteiger partial charge < -0.3 is 9.47 Å². The number of nitro benzene ring substituents is 2. The molecule has 3 rings (SSSR count). The monoisotopic (exact) mass is 394 g/mol. The maximum absolute atomic E-state index is 10.9. The van der Waals surface area contributed by atoms with Gasteiger partial charge in [-0.25, -0.2) is 0 Å². The molecule has 3 aromatic rings. The van der Waals surface area contributed by atoms with Crippen molar-refractivity contribution in [1.29, 1.82) is 0 Å². The number of rotatable bonds is 6. The standard InChI is InChI=1S/C21H18N2O6/c1-13-10-16(4-7-19(13)22(24)25)28-17-6-9-21(15(3)12-17)29-18-5-8-20(23(26)27)14(2)11-18/h4-12H,1-3H3. The van der Waals surface area contributed by atoms with E-state index in [0.29, 0.717) is 34.1 Å². The summed E-state index contributed by atoms with van der Waals surface area (Å²) in [5.74, 6) is 2.14. The van der Waals surface area contributed by atoms with Gasteiger partial charge in [-0.3, -0.25) is 20.2 Å². The smallest absolute Gasteiger partial charge is 0.272 e. The number of ether oxygens (including phenoxy) is 2. The van der Waals surface area contributed by atoms with Crippen LogP contribution < -0.4 is 9.47 Å². The second-order valence-electron chi connectivity index (χ2n) is 6.54. The Morgan fingerprint density at radius 1 is 0.621 bits per heavy atom. The van der Waals surface area contributed by atoms with Crippen molar-refractivity contribution in [3.63, 3.8) is 0 Å². The highest BCUT2D eigenvalue weighted by Gasteiger charge is 2.13. The third-order valence-corrected chi connectivity index (χ3v) is 4.34. The maximum Gasteiger partial charge on any atom is 0.272 e. The Kier molecular flexibility index (Phi) is 5.45. The lowest BCUT2D eigenvalue weighted by Crippen LogP contribution is -1.94. The third kappa shape index (κ3) is 4.49. The predicted octanol–water partition coefficient (Wildman–Crippen LogP) is 6.01. The van der Waals surface area contributed by atoms with E-state index in [-0.39, 0.29) is 11.4 Å². The number of hydrogen-bond acceptors (Lipinski definition) is 6. The molecular formula is C21H18N2O6. The second-order valence-corrected chi connectivity index (χ2v) is 6.54. The minimum absolute atomic E-state index is 0.0377. The van der Waals surface area contributed by atoms with Crippen molar-refractivity contribution >= 4 is 11.4 Å². The van der Waals surface area contributed by atoms with E-state index in [1.807, 2.05) is 6.92 Å². The zero-order valence-electron chi connectivity index (χ0n) is 16.0. The molecule has 0 fully saturated rings. The first-order chi connectivity index (χ1) is 13.7. The molecule has 148 valence electrons. The number of nitro groups is 2. The van der Waals surface area contributed by atoms with Gasteiger partial charge in [-0.1, -0.05) is 0 Å². The van der Waals surface area contributed by atoms with E-state index >= 15 is 0 Å². The fourth-order valence-electron chi connectivity index (χ4n) is 2.86. The van der Waals surface area contributed by atoms with E-state index in [1.54, 1.807) is 56.3 Å². The molecule has 0 aliphatic carbocycles. The molecule has 0 heterocycles. The van der Waals surface area contributed by atoms with Crippen molar-refractivity contribution < 1.29 is 19.3 Å². The van der Waals surface area contributed by atoms with Crippen molar-refractivity contribution in [3.05, 3.63) is 91.5 Å². The molecular weight excluding hydrogens is 376 g/mol. The Morgan fingerprint density at radius 2 is 1.03 bits per heavy atom. The van der Waals surface area contributed by atoms with Crippen LogP contribution in [0.3, 0.4) is 0 Å². The highest BCUT2D eigenvalue weighted by molar-refractivity contribution is 5.49. The Balaban J connectivity index is 1.77. The van der Waals surface area contributed by atoms with Crippen LogP contribution in [-0.4, -0.2) is 9.85 Å². The van der Waals surface area contributed by atoms with Crippen LogP contribution in [0.15, 0.2) is 54.6 Å². The van der Waals surface area contributed by atoms with E-state index < -0.39 is 9.85 Å². The lowest BCUT2D eigenvalue weighted by atomic mass is 10.2. The van der Waals surface area contributed by atoms with E-state index in [0.717, 1.165) is 5.56 Å². The quantitative estimate of drug-likeness (QED) is 0.374. The summed E-state index contributed by atoms with van der Waals surface area (Å²) in [6.07, 6.45) is 0. The molecule has 0 atom stereocenters. The largest absolute Gasteiger partial charge is 0.457 e. The lowest BCUT2D eigenvalue weighted by molar-refractivity contribution is -0.385. The maximum atomic E-state index is 10.9. The molecule has 0 aliphatic heterocycles. The average molecular weight is 394 g/mol. The highest BCUT2D eigenvalue weighted by atomic mass is 16.6. The predicted molar refractivity (Wildman–Crippen MR) is 107 cm³/mol. The van der Waals surface area contributed by atoms with Gasteiger partial charge >= 0.3 is 0 Å². The van der Waals surface area contributed by atoms with E-state index in [4.69, 9.17) is 9.47 Å². The van der Waals surface area contributed by atoms with Gasteiger partial charge in [-0.2, -0.15) is 0 Å². The SMILES string of the molecule is Cc1cc(Oc2ccc([N+](=O)[O-])c(C)c2)ccc1Oc1ccc([N+](=O)[O-])c(C)c1. The number of aryl methyl sites for hydroxylation is 3. The second kappa shape index (κ2) is 7.97. The fraction of sp³-hybridized carbons (Fsp3) is 0.143. The Hall–Kier alpha value is -3.94. The fourth-order valence-corrected chi connectivity index (χ4v) is 2.86. The summed E-state index contributed by atoms with van der Waals surface area (Å²) in [5, 5.41) is 21.8. The van der Waals surface area contributed by atoms with Crippen molar-refractivity contribution in [3.8, 4) is 23.0 Å². The summed E-state index contributed by atoms with van der Waals surface area (Å²) >= 11 is 0. The summed E-state index contributed by atoms with van der Waals surface area (Å²) in [5.41, 5.74) is 1.90. The molecule has 0 amide bonds. The van der Waals surface area contributed by atoms with Crippen molar-refractivity contribution in [2.75, 3.05) is 0 Å². The Labute approximate surface area is 166 Å². The van der Waals surface area contributed by atoms with Gasteiger partial charge in [0.05, 0.1) is 9.85 Å². The zero-order valence-corrected chi connectivity index (χ0v) is 16.0. The summed E-state index contributed by atoms with van der Waals surface area (Å²) in [7, 11) is 0. The minimum Gasteiger partial charge on any atom is -0.457 e. The molecule has 0 unspecified atom stereocenters. The van der Waals surface area contributed by atoms with Crippen LogP contribution in [0.4, 0.5) is 11.4 Å². The molecule has 0 saturated carbocycles. The Bertz CT molecular complexity index is 1110. The summed E-state index contributed by atoms with van der Waals surface area (Å²) < 4.78 is 11.6. The van der Waals surface area contributed by atoms with E-state index in [9.17, 15) is 20.2 Å². The number of nitrogens with zero attached hydrogens (tertiary/aromatic N) is 2. The number of hydrogen-bond donors (Lipinski definition) is 0. The summed E-state index contributed by atoms with van der Waals surface area (Å²) in [6.45, 7) is 5.15. The van der Waals surface area contributed by atoms with Gasteiger partial charge in [0, 0.05) is 23.3 Å². The molecule has 0 aliphatic rings. The molecule has 0 spiro atoms. The van der Waals surface area contributed by atoms with Gasteiger partial charge in [0.25, 0.3) is 11.4 Å². The molecule has 0 N–H and O–H groups in total. The molecule has 8 nitrogen and oxygen atoms in total. The van der Waals surface area contributed by atoms with Gasteiger partial charge in [0.15, 0.2) is 0 Å². The molecule has 0 bridgehead atoms. The van der Waals surface area contributed by atoms with Crippen LogP contribution in [0.2, 0.25) is 0 Å².